The predicted octanol–water partition coefficient (Wildman–Crippen LogP) is 2.27. The van der Waals surface area contributed by atoms with Crippen LogP contribution in [0.4, 0.5) is 5.69 Å². The third-order valence-corrected chi connectivity index (χ3v) is 5.52. The Labute approximate surface area is 161 Å². The van der Waals surface area contributed by atoms with Crippen LogP contribution >= 0.6 is 11.6 Å². The second-order valence-electron chi connectivity index (χ2n) is 6.33. The number of carbonyl (C=O) groups is 2. The number of amides is 2. The molecule has 0 bridgehead atoms. The Kier molecular flexibility index (Phi) is 5.50. The maximum Gasteiger partial charge on any atom is 0.251 e. The van der Waals surface area contributed by atoms with Gasteiger partial charge in [-0.3, -0.25) is 9.59 Å². The first-order valence-electron chi connectivity index (χ1n) is 8.24. The van der Waals surface area contributed by atoms with Crippen LogP contribution in [0.2, 0.25) is 5.02 Å². The molecule has 0 aliphatic heterocycles. The lowest BCUT2D eigenvalue weighted by atomic mass is 10.1. The number of nitrogens with two attached hydrogens (primary N) is 1. The van der Waals surface area contributed by atoms with Crippen molar-refractivity contribution in [3.05, 3.63) is 58.6 Å². The topological polar surface area (TPSA) is 118 Å². The number of hydrogen-bond donors (Lipinski definition) is 3. The average Bonchev–Trinajstić information content (AvgIpc) is 3.45. The highest BCUT2D eigenvalue weighted by atomic mass is 35.5. The van der Waals surface area contributed by atoms with Gasteiger partial charge in [0.2, 0.25) is 15.9 Å². The van der Waals surface area contributed by atoms with E-state index in [1.165, 1.54) is 12.1 Å². The molecule has 1 aliphatic carbocycles. The lowest BCUT2D eigenvalue weighted by Crippen LogP contribution is -2.23. The first kappa shape index (κ1) is 19.3. The monoisotopic (exact) mass is 407 g/mol. The molecule has 2 amide bonds. The van der Waals surface area contributed by atoms with Crippen molar-refractivity contribution in [1.82, 2.24) is 5.32 Å². The van der Waals surface area contributed by atoms with Crippen molar-refractivity contribution >= 4 is 39.1 Å². The summed E-state index contributed by atoms with van der Waals surface area (Å²) in [4.78, 5) is 23.7. The second-order valence-corrected chi connectivity index (χ2v) is 8.27. The number of rotatable bonds is 6. The van der Waals surface area contributed by atoms with E-state index in [-0.39, 0.29) is 33.9 Å². The molecule has 2 aromatic carbocycles. The Morgan fingerprint density at radius 3 is 2.37 bits per heavy atom. The molecule has 0 unspecified atom stereocenters. The van der Waals surface area contributed by atoms with Gasteiger partial charge in [0.25, 0.3) is 5.91 Å². The summed E-state index contributed by atoms with van der Waals surface area (Å²) in [6.07, 6.45) is 1.88. The standard InChI is InChI=1S/C18H18ClN3O4S/c19-15-8-5-13(9-16(15)27(20,25)26)17(23)21-10-11-1-6-14(7-2-11)22-18(24)12-3-4-12/h1-2,5-9,12H,3-4,10H2,(H,21,23)(H,22,24)(H2,20,25,26). The third-order valence-electron chi connectivity index (χ3n) is 4.12. The molecular formula is C18H18ClN3O4S. The number of primary sulfonamides is 1. The van der Waals surface area contributed by atoms with Gasteiger partial charge in [-0.2, -0.15) is 0 Å². The Morgan fingerprint density at radius 2 is 1.78 bits per heavy atom. The zero-order chi connectivity index (χ0) is 19.6. The van der Waals surface area contributed by atoms with Crippen LogP contribution in [0.1, 0.15) is 28.8 Å². The number of carbonyl (C=O) groups excluding carboxylic acids is 2. The summed E-state index contributed by atoms with van der Waals surface area (Å²) >= 11 is 5.81. The van der Waals surface area contributed by atoms with Gasteiger partial charge in [0.1, 0.15) is 4.90 Å². The van der Waals surface area contributed by atoms with E-state index in [9.17, 15) is 18.0 Å². The van der Waals surface area contributed by atoms with Crippen LogP contribution in [-0.2, 0) is 21.4 Å². The number of halogens is 1. The Morgan fingerprint density at radius 1 is 1.11 bits per heavy atom. The van der Waals surface area contributed by atoms with E-state index in [1.807, 2.05) is 0 Å². The van der Waals surface area contributed by atoms with Gasteiger partial charge in [0, 0.05) is 23.7 Å². The molecule has 9 heteroatoms. The normalized spacial score (nSPS) is 13.9. The zero-order valence-corrected chi connectivity index (χ0v) is 15.8. The van der Waals surface area contributed by atoms with Gasteiger partial charge in [0.15, 0.2) is 0 Å². The maximum absolute atomic E-state index is 12.3. The minimum absolute atomic E-state index is 0.0319. The average molecular weight is 408 g/mol. The molecule has 0 atom stereocenters. The molecule has 0 saturated heterocycles. The molecule has 0 aromatic heterocycles. The molecule has 27 heavy (non-hydrogen) atoms. The fourth-order valence-corrected chi connectivity index (χ4v) is 3.51. The van der Waals surface area contributed by atoms with Gasteiger partial charge < -0.3 is 10.6 Å². The van der Waals surface area contributed by atoms with Crippen LogP contribution in [0, 0.1) is 5.92 Å². The van der Waals surface area contributed by atoms with Crippen LogP contribution < -0.4 is 15.8 Å². The van der Waals surface area contributed by atoms with Gasteiger partial charge in [-0.1, -0.05) is 23.7 Å². The van der Waals surface area contributed by atoms with E-state index in [0.717, 1.165) is 24.5 Å². The van der Waals surface area contributed by atoms with Gasteiger partial charge >= 0.3 is 0 Å². The number of anilines is 1. The summed E-state index contributed by atoms with van der Waals surface area (Å²) in [6, 6.07) is 11.0. The second kappa shape index (κ2) is 7.67. The molecule has 1 aliphatic rings. The molecule has 3 rings (SSSR count). The van der Waals surface area contributed by atoms with Gasteiger partial charge in [-0.05, 0) is 48.7 Å². The summed E-state index contributed by atoms with van der Waals surface area (Å²) in [6.45, 7) is 0.239. The first-order chi connectivity index (χ1) is 12.7. The van der Waals surface area contributed by atoms with Gasteiger partial charge in [-0.15, -0.1) is 0 Å². The number of sulfonamides is 1. The predicted molar refractivity (Wildman–Crippen MR) is 102 cm³/mol. The van der Waals surface area contributed by atoms with Crippen LogP contribution in [0.3, 0.4) is 0 Å². The van der Waals surface area contributed by atoms with Crippen LogP contribution in [-0.4, -0.2) is 20.2 Å². The van der Waals surface area contributed by atoms with E-state index in [2.05, 4.69) is 10.6 Å². The van der Waals surface area contributed by atoms with Crippen LogP contribution in [0.25, 0.3) is 0 Å². The molecule has 142 valence electrons. The Hall–Kier alpha value is -2.42. The summed E-state index contributed by atoms with van der Waals surface area (Å²) in [5, 5.41) is 10.6. The quantitative estimate of drug-likeness (QED) is 0.680. The highest BCUT2D eigenvalue weighted by Gasteiger charge is 2.29. The van der Waals surface area contributed by atoms with E-state index >= 15 is 0 Å². The van der Waals surface area contributed by atoms with Crippen molar-refractivity contribution in [2.45, 2.75) is 24.3 Å². The molecule has 0 spiro atoms. The molecular weight excluding hydrogens is 390 g/mol. The molecule has 4 N–H and O–H groups in total. The van der Waals surface area contributed by atoms with E-state index in [0.29, 0.717) is 5.69 Å². The minimum Gasteiger partial charge on any atom is -0.348 e. The van der Waals surface area contributed by atoms with Gasteiger partial charge in [0.05, 0.1) is 5.02 Å². The zero-order valence-electron chi connectivity index (χ0n) is 14.2. The third kappa shape index (κ3) is 5.06. The maximum atomic E-state index is 12.3. The summed E-state index contributed by atoms with van der Waals surface area (Å²) in [5.74, 6) is -0.294. The van der Waals surface area contributed by atoms with E-state index in [1.54, 1.807) is 24.3 Å². The van der Waals surface area contributed by atoms with Crippen molar-refractivity contribution in [3.63, 3.8) is 0 Å². The number of benzene rings is 2. The van der Waals surface area contributed by atoms with Gasteiger partial charge in [-0.25, -0.2) is 13.6 Å². The highest BCUT2D eigenvalue weighted by Crippen LogP contribution is 2.30. The Balaban J connectivity index is 1.61. The lowest BCUT2D eigenvalue weighted by molar-refractivity contribution is -0.117. The molecule has 0 radical (unpaired) electrons. The van der Waals surface area contributed by atoms with Crippen molar-refractivity contribution < 1.29 is 18.0 Å². The summed E-state index contributed by atoms with van der Waals surface area (Å²) in [7, 11) is -4.02. The smallest absolute Gasteiger partial charge is 0.251 e. The van der Waals surface area contributed by atoms with Crippen molar-refractivity contribution in [3.8, 4) is 0 Å². The fourth-order valence-electron chi connectivity index (χ4n) is 2.44. The number of hydrogen-bond acceptors (Lipinski definition) is 4. The first-order valence-corrected chi connectivity index (χ1v) is 10.2. The molecule has 1 fully saturated rings. The summed E-state index contributed by atoms with van der Waals surface area (Å²) in [5.41, 5.74) is 1.67. The molecule has 2 aromatic rings. The van der Waals surface area contributed by atoms with E-state index < -0.39 is 15.9 Å². The van der Waals surface area contributed by atoms with E-state index in [4.69, 9.17) is 16.7 Å². The van der Waals surface area contributed by atoms with Crippen molar-refractivity contribution in [1.29, 1.82) is 0 Å². The van der Waals surface area contributed by atoms with Crippen molar-refractivity contribution in [2.24, 2.45) is 11.1 Å². The Bertz CT molecular complexity index is 986. The highest BCUT2D eigenvalue weighted by molar-refractivity contribution is 7.89. The number of nitrogens with one attached hydrogen (secondary N) is 2. The largest absolute Gasteiger partial charge is 0.348 e. The van der Waals surface area contributed by atoms with Crippen LogP contribution in [0.5, 0.6) is 0 Å². The van der Waals surface area contributed by atoms with Crippen molar-refractivity contribution in [2.75, 3.05) is 5.32 Å². The van der Waals surface area contributed by atoms with Crippen LogP contribution in [0.15, 0.2) is 47.4 Å². The lowest BCUT2D eigenvalue weighted by Gasteiger charge is -2.09. The molecule has 0 heterocycles. The minimum atomic E-state index is -4.02. The fraction of sp³-hybridized carbons (Fsp3) is 0.222. The molecule has 1 saturated carbocycles. The molecule has 7 nitrogen and oxygen atoms in total. The SMILES string of the molecule is NS(=O)(=O)c1cc(C(=O)NCc2ccc(NC(=O)C3CC3)cc2)ccc1Cl. The summed E-state index contributed by atoms with van der Waals surface area (Å²) < 4.78 is 23.0.